The molecule has 1 fully saturated rings. The first-order valence-corrected chi connectivity index (χ1v) is 10.0. The Balaban J connectivity index is 1.89. The first-order valence-electron chi connectivity index (χ1n) is 10.0. The molecule has 1 heterocycles. The van der Waals surface area contributed by atoms with Gasteiger partial charge in [-0.3, -0.25) is 9.89 Å². The molecule has 1 saturated heterocycles. The predicted octanol–water partition coefficient (Wildman–Crippen LogP) is 2.21. The van der Waals surface area contributed by atoms with Gasteiger partial charge in [-0.1, -0.05) is 17.7 Å². The summed E-state index contributed by atoms with van der Waals surface area (Å²) >= 11 is 0. The van der Waals surface area contributed by atoms with Crippen LogP contribution in [0.15, 0.2) is 23.2 Å². The van der Waals surface area contributed by atoms with Crippen LogP contribution in [0.5, 0.6) is 5.75 Å². The van der Waals surface area contributed by atoms with Crippen LogP contribution in [0.4, 0.5) is 0 Å². The highest BCUT2D eigenvalue weighted by Gasteiger charge is 2.23. The molecule has 0 aromatic heterocycles. The van der Waals surface area contributed by atoms with Crippen LogP contribution in [0.2, 0.25) is 0 Å². The molecule has 1 aromatic rings. The van der Waals surface area contributed by atoms with Gasteiger partial charge in [0.05, 0.1) is 26.9 Å². The lowest BCUT2D eigenvalue weighted by molar-refractivity contribution is -0.0165. The summed E-state index contributed by atoms with van der Waals surface area (Å²) in [6.07, 6.45) is 0.894. The van der Waals surface area contributed by atoms with Crippen molar-refractivity contribution in [2.45, 2.75) is 46.2 Å². The SMILES string of the molecule is CCNC(=NCC(C)N1CCOCC1C)NCCc1cc(C)ccc1OC. The van der Waals surface area contributed by atoms with Gasteiger partial charge in [0.25, 0.3) is 0 Å². The molecule has 0 amide bonds. The van der Waals surface area contributed by atoms with Gasteiger partial charge in [0.2, 0.25) is 0 Å². The molecular formula is C21H36N4O2. The van der Waals surface area contributed by atoms with E-state index in [2.05, 4.69) is 55.4 Å². The van der Waals surface area contributed by atoms with Crippen LogP contribution < -0.4 is 15.4 Å². The second kappa shape index (κ2) is 11.1. The lowest BCUT2D eigenvalue weighted by atomic mass is 10.1. The number of ether oxygens (including phenoxy) is 2. The largest absolute Gasteiger partial charge is 0.496 e. The van der Waals surface area contributed by atoms with E-state index < -0.39 is 0 Å². The third-order valence-corrected chi connectivity index (χ3v) is 4.97. The second-order valence-electron chi connectivity index (χ2n) is 7.22. The maximum absolute atomic E-state index is 5.54. The Bertz CT molecular complexity index is 606. The maximum atomic E-state index is 5.54. The minimum absolute atomic E-state index is 0.399. The quantitative estimate of drug-likeness (QED) is 0.538. The zero-order chi connectivity index (χ0) is 19.6. The summed E-state index contributed by atoms with van der Waals surface area (Å²) in [7, 11) is 1.72. The van der Waals surface area contributed by atoms with Crippen LogP contribution in [-0.4, -0.2) is 69.4 Å². The second-order valence-corrected chi connectivity index (χ2v) is 7.22. The fourth-order valence-corrected chi connectivity index (χ4v) is 3.48. The predicted molar refractivity (Wildman–Crippen MR) is 112 cm³/mol. The number of aryl methyl sites for hydroxylation is 1. The van der Waals surface area contributed by atoms with E-state index in [1.165, 1.54) is 11.1 Å². The zero-order valence-electron chi connectivity index (χ0n) is 17.5. The molecule has 1 aliphatic rings. The number of morpholine rings is 1. The third kappa shape index (κ3) is 6.70. The maximum Gasteiger partial charge on any atom is 0.191 e. The van der Waals surface area contributed by atoms with E-state index in [-0.39, 0.29) is 0 Å². The van der Waals surface area contributed by atoms with Gasteiger partial charge in [-0.15, -0.1) is 0 Å². The molecule has 2 N–H and O–H groups in total. The van der Waals surface area contributed by atoms with Crippen LogP contribution in [0.25, 0.3) is 0 Å². The van der Waals surface area contributed by atoms with Gasteiger partial charge in [-0.2, -0.15) is 0 Å². The van der Waals surface area contributed by atoms with E-state index in [1.54, 1.807) is 7.11 Å². The molecule has 1 aromatic carbocycles. The van der Waals surface area contributed by atoms with Crippen molar-refractivity contribution >= 4 is 5.96 Å². The molecule has 0 saturated carbocycles. The van der Waals surface area contributed by atoms with E-state index in [1.807, 2.05) is 6.07 Å². The topological polar surface area (TPSA) is 58.1 Å². The lowest BCUT2D eigenvalue weighted by Gasteiger charge is -2.37. The monoisotopic (exact) mass is 376 g/mol. The van der Waals surface area contributed by atoms with Crippen LogP contribution in [0.3, 0.4) is 0 Å². The molecule has 0 aliphatic carbocycles. The Hall–Kier alpha value is -1.79. The number of methoxy groups -OCH3 is 1. The molecule has 6 nitrogen and oxygen atoms in total. The number of guanidine groups is 1. The minimum Gasteiger partial charge on any atom is -0.496 e. The Morgan fingerprint density at radius 3 is 2.93 bits per heavy atom. The average molecular weight is 377 g/mol. The van der Waals surface area contributed by atoms with E-state index in [9.17, 15) is 0 Å². The first-order chi connectivity index (χ1) is 13.0. The summed E-state index contributed by atoms with van der Waals surface area (Å²) in [5, 5.41) is 6.79. The highest BCUT2D eigenvalue weighted by Crippen LogP contribution is 2.19. The third-order valence-electron chi connectivity index (χ3n) is 4.97. The average Bonchev–Trinajstić information content (AvgIpc) is 2.66. The van der Waals surface area contributed by atoms with Crippen LogP contribution in [0, 0.1) is 6.92 Å². The molecular weight excluding hydrogens is 340 g/mol. The van der Waals surface area contributed by atoms with Gasteiger partial charge in [-0.25, -0.2) is 0 Å². The summed E-state index contributed by atoms with van der Waals surface area (Å²) in [6.45, 7) is 13.7. The number of hydrogen-bond donors (Lipinski definition) is 2. The van der Waals surface area contributed by atoms with Gasteiger partial charge in [-0.05, 0) is 45.7 Å². The van der Waals surface area contributed by atoms with Gasteiger partial charge in [0.15, 0.2) is 5.96 Å². The van der Waals surface area contributed by atoms with Crippen molar-refractivity contribution in [1.82, 2.24) is 15.5 Å². The Morgan fingerprint density at radius 2 is 2.22 bits per heavy atom. The van der Waals surface area contributed by atoms with Crippen molar-refractivity contribution < 1.29 is 9.47 Å². The van der Waals surface area contributed by atoms with Crippen molar-refractivity contribution in [3.63, 3.8) is 0 Å². The molecule has 0 bridgehead atoms. The molecule has 27 heavy (non-hydrogen) atoms. The Morgan fingerprint density at radius 1 is 1.41 bits per heavy atom. The highest BCUT2D eigenvalue weighted by molar-refractivity contribution is 5.79. The zero-order valence-corrected chi connectivity index (χ0v) is 17.5. The summed E-state index contributed by atoms with van der Waals surface area (Å²) in [6, 6.07) is 7.15. The summed E-state index contributed by atoms with van der Waals surface area (Å²) < 4.78 is 11.0. The van der Waals surface area contributed by atoms with Gasteiger partial charge < -0.3 is 20.1 Å². The lowest BCUT2D eigenvalue weighted by Crippen LogP contribution is -2.49. The minimum atomic E-state index is 0.399. The van der Waals surface area contributed by atoms with Crippen molar-refractivity contribution in [1.29, 1.82) is 0 Å². The van der Waals surface area contributed by atoms with E-state index in [4.69, 9.17) is 14.5 Å². The number of aliphatic imine (C=N–C) groups is 1. The number of rotatable bonds is 8. The van der Waals surface area contributed by atoms with Crippen molar-refractivity contribution in [2.24, 2.45) is 4.99 Å². The number of nitrogens with zero attached hydrogens (tertiary/aromatic N) is 2. The van der Waals surface area contributed by atoms with Crippen LogP contribution in [0.1, 0.15) is 31.9 Å². The fraction of sp³-hybridized carbons (Fsp3) is 0.667. The molecule has 2 atom stereocenters. The van der Waals surface area contributed by atoms with Crippen LogP contribution >= 0.6 is 0 Å². The molecule has 0 spiro atoms. The van der Waals surface area contributed by atoms with Crippen molar-refractivity contribution in [2.75, 3.05) is 46.5 Å². The Kier molecular flexibility index (Phi) is 8.88. The van der Waals surface area contributed by atoms with Gasteiger partial charge in [0, 0.05) is 31.7 Å². The van der Waals surface area contributed by atoms with E-state index >= 15 is 0 Å². The van der Waals surface area contributed by atoms with Gasteiger partial charge in [0.1, 0.15) is 5.75 Å². The number of hydrogen-bond acceptors (Lipinski definition) is 4. The van der Waals surface area contributed by atoms with Crippen molar-refractivity contribution in [3.05, 3.63) is 29.3 Å². The normalized spacial score (nSPS) is 19.6. The highest BCUT2D eigenvalue weighted by atomic mass is 16.5. The van der Waals surface area contributed by atoms with Gasteiger partial charge >= 0.3 is 0 Å². The smallest absolute Gasteiger partial charge is 0.191 e. The molecule has 6 heteroatoms. The van der Waals surface area contributed by atoms with Crippen LogP contribution in [-0.2, 0) is 11.2 Å². The summed E-state index contributed by atoms with van der Waals surface area (Å²) in [4.78, 5) is 7.28. The van der Waals surface area contributed by atoms with E-state index in [0.29, 0.717) is 12.1 Å². The first kappa shape index (κ1) is 21.5. The summed E-state index contributed by atoms with van der Waals surface area (Å²) in [5.74, 6) is 1.82. The number of nitrogens with one attached hydrogen (secondary N) is 2. The van der Waals surface area contributed by atoms with Crippen molar-refractivity contribution in [3.8, 4) is 5.75 Å². The standard InChI is InChI=1S/C21H36N4O2/c1-6-22-21(24-14-17(3)25-11-12-27-15-18(25)4)23-10-9-19-13-16(2)7-8-20(19)26-5/h7-8,13,17-18H,6,9-12,14-15H2,1-5H3,(H2,22,23,24). The summed E-state index contributed by atoms with van der Waals surface area (Å²) in [5.41, 5.74) is 2.47. The molecule has 1 aliphatic heterocycles. The number of benzene rings is 1. The fourth-order valence-electron chi connectivity index (χ4n) is 3.48. The molecule has 152 valence electrons. The Labute approximate surface area is 164 Å². The molecule has 2 rings (SSSR count). The molecule has 2 unspecified atom stereocenters. The molecule has 0 radical (unpaired) electrons. The van der Waals surface area contributed by atoms with E-state index in [0.717, 1.165) is 57.5 Å².